The fraction of sp³-hybridized carbons (Fsp3) is 0.625. The number of imidazole rings is 1. The first kappa shape index (κ1) is 8.11. The van der Waals surface area contributed by atoms with E-state index in [0.29, 0.717) is 0 Å². The van der Waals surface area contributed by atoms with Gasteiger partial charge < -0.3 is 5.21 Å². The molecule has 3 nitrogen and oxygen atoms in total. The lowest BCUT2D eigenvalue weighted by Gasteiger charge is -2.03. The average Bonchev–Trinajstić information content (AvgIpc) is 2.17. The van der Waals surface area contributed by atoms with Crippen molar-refractivity contribution < 1.29 is 5.21 Å². The highest BCUT2D eigenvalue weighted by Crippen LogP contribution is 2.15. The maximum atomic E-state index is 9.44. The lowest BCUT2D eigenvalue weighted by molar-refractivity contribution is 0.166. The largest absolute Gasteiger partial charge is 0.427 e. The summed E-state index contributed by atoms with van der Waals surface area (Å²) in [4.78, 5) is 4.22. The van der Waals surface area contributed by atoms with Crippen molar-refractivity contribution in [3.8, 4) is 0 Å². The van der Waals surface area contributed by atoms with Crippen LogP contribution in [-0.2, 0) is 0 Å². The number of hydrogen-bond acceptors (Lipinski definition) is 2. The molecule has 3 heteroatoms. The fourth-order valence-corrected chi connectivity index (χ4v) is 0.999. The Morgan fingerprint density at radius 1 is 1.36 bits per heavy atom. The van der Waals surface area contributed by atoms with Gasteiger partial charge in [0.25, 0.3) is 0 Å². The molecule has 0 fully saturated rings. The Balaban J connectivity index is 3.19. The molecule has 0 bridgehead atoms. The number of nitrogens with zero attached hydrogens (tertiary/aromatic N) is 2. The molecule has 1 N–H and O–H groups in total. The topological polar surface area (TPSA) is 38.0 Å². The van der Waals surface area contributed by atoms with Gasteiger partial charge in [-0.25, -0.2) is 4.98 Å². The molecule has 0 atom stereocenters. The highest BCUT2D eigenvalue weighted by atomic mass is 16.5. The highest BCUT2D eigenvalue weighted by molar-refractivity contribution is 5.14. The van der Waals surface area contributed by atoms with Crippen LogP contribution in [0.25, 0.3) is 0 Å². The predicted molar refractivity (Wildman–Crippen MR) is 43.0 cm³/mol. The van der Waals surface area contributed by atoms with E-state index in [1.807, 2.05) is 27.7 Å². The van der Waals surface area contributed by atoms with Crippen LogP contribution in [0.15, 0.2) is 0 Å². The molecule has 1 aromatic heterocycles. The van der Waals surface area contributed by atoms with E-state index in [9.17, 15) is 5.21 Å². The molecule has 0 radical (unpaired) electrons. The third-order valence-electron chi connectivity index (χ3n) is 1.86. The highest BCUT2D eigenvalue weighted by Gasteiger charge is 2.12. The van der Waals surface area contributed by atoms with Gasteiger partial charge in [0.15, 0.2) is 0 Å². The zero-order valence-corrected chi connectivity index (χ0v) is 7.42. The minimum absolute atomic E-state index is 0.271. The van der Waals surface area contributed by atoms with E-state index in [1.165, 1.54) is 4.73 Å². The van der Waals surface area contributed by atoms with Gasteiger partial charge in [0.05, 0.1) is 11.4 Å². The molecular weight excluding hydrogens is 140 g/mol. The Labute approximate surface area is 66.6 Å². The second-order valence-electron chi connectivity index (χ2n) is 3.11. The minimum Gasteiger partial charge on any atom is -0.427 e. The van der Waals surface area contributed by atoms with Crippen LogP contribution in [0.2, 0.25) is 0 Å². The van der Waals surface area contributed by atoms with Gasteiger partial charge in [0, 0.05) is 5.92 Å². The Morgan fingerprint density at radius 2 is 1.91 bits per heavy atom. The number of hydrogen-bond donors (Lipinski definition) is 1. The average molecular weight is 154 g/mol. The number of rotatable bonds is 1. The van der Waals surface area contributed by atoms with E-state index >= 15 is 0 Å². The third kappa shape index (κ3) is 1.23. The summed E-state index contributed by atoms with van der Waals surface area (Å²) in [7, 11) is 0. The molecule has 1 rings (SSSR count). The molecule has 62 valence electrons. The quantitative estimate of drug-likeness (QED) is 0.627. The molecular formula is C8H14N2O. The van der Waals surface area contributed by atoms with Crippen LogP contribution < -0.4 is 0 Å². The van der Waals surface area contributed by atoms with Gasteiger partial charge >= 0.3 is 0 Å². The summed E-state index contributed by atoms with van der Waals surface area (Å²) in [6, 6.07) is 0. The summed E-state index contributed by atoms with van der Waals surface area (Å²) in [6.45, 7) is 7.77. The van der Waals surface area contributed by atoms with Crippen molar-refractivity contribution in [2.45, 2.75) is 33.6 Å². The third-order valence-corrected chi connectivity index (χ3v) is 1.86. The summed E-state index contributed by atoms with van der Waals surface area (Å²) < 4.78 is 1.17. The first-order chi connectivity index (χ1) is 5.04. The summed E-state index contributed by atoms with van der Waals surface area (Å²) in [6.07, 6.45) is 0. The molecule has 0 spiro atoms. The van der Waals surface area contributed by atoms with Gasteiger partial charge in [-0.15, -0.1) is 0 Å². The van der Waals surface area contributed by atoms with Gasteiger partial charge in [-0.2, -0.15) is 4.73 Å². The number of aromatic nitrogens is 2. The van der Waals surface area contributed by atoms with E-state index in [0.717, 1.165) is 17.2 Å². The Kier molecular flexibility index (Phi) is 1.89. The molecule has 0 aliphatic rings. The standard InChI is InChI=1S/C8H14N2O/c1-5(2)8-9-6(3)7(4)10(8)11/h5,11H,1-4H3. The van der Waals surface area contributed by atoms with Crippen molar-refractivity contribution in [2.75, 3.05) is 0 Å². The first-order valence-corrected chi connectivity index (χ1v) is 3.79. The van der Waals surface area contributed by atoms with Crippen LogP contribution in [0, 0.1) is 13.8 Å². The van der Waals surface area contributed by atoms with E-state index < -0.39 is 0 Å². The Hall–Kier alpha value is -0.990. The summed E-state index contributed by atoms with van der Waals surface area (Å²) >= 11 is 0. The van der Waals surface area contributed by atoms with Crippen LogP contribution in [0.3, 0.4) is 0 Å². The minimum atomic E-state index is 0.271. The van der Waals surface area contributed by atoms with Crippen LogP contribution in [-0.4, -0.2) is 14.9 Å². The first-order valence-electron chi connectivity index (χ1n) is 3.79. The predicted octanol–water partition coefficient (Wildman–Crippen LogP) is 1.86. The second-order valence-corrected chi connectivity index (χ2v) is 3.11. The normalized spacial score (nSPS) is 11.0. The number of aryl methyl sites for hydroxylation is 1. The molecule has 1 aromatic rings. The van der Waals surface area contributed by atoms with Crippen molar-refractivity contribution >= 4 is 0 Å². The van der Waals surface area contributed by atoms with Crippen molar-refractivity contribution in [1.82, 2.24) is 9.71 Å². The van der Waals surface area contributed by atoms with Gasteiger partial charge in [-0.05, 0) is 13.8 Å². The van der Waals surface area contributed by atoms with Gasteiger partial charge in [-0.3, -0.25) is 0 Å². The zero-order valence-electron chi connectivity index (χ0n) is 7.42. The van der Waals surface area contributed by atoms with Crippen molar-refractivity contribution in [2.24, 2.45) is 0 Å². The molecule has 1 heterocycles. The van der Waals surface area contributed by atoms with Crippen molar-refractivity contribution in [3.05, 3.63) is 17.2 Å². The molecule has 11 heavy (non-hydrogen) atoms. The fourth-order valence-electron chi connectivity index (χ4n) is 0.999. The summed E-state index contributed by atoms with van der Waals surface area (Å²) in [5.41, 5.74) is 1.73. The SMILES string of the molecule is Cc1nc(C(C)C)n(O)c1C. The van der Waals surface area contributed by atoms with E-state index in [-0.39, 0.29) is 5.92 Å². The molecule has 0 amide bonds. The maximum Gasteiger partial charge on any atom is 0.147 e. The molecule has 0 aliphatic heterocycles. The Bertz CT molecular complexity index is 263. The van der Waals surface area contributed by atoms with Gasteiger partial charge in [0.1, 0.15) is 5.82 Å². The van der Waals surface area contributed by atoms with E-state index in [1.54, 1.807) is 0 Å². The van der Waals surface area contributed by atoms with E-state index in [2.05, 4.69) is 4.98 Å². The van der Waals surface area contributed by atoms with Crippen LogP contribution in [0.5, 0.6) is 0 Å². The van der Waals surface area contributed by atoms with Crippen LogP contribution in [0.1, 0.15) is 37.0 Å². The smallest absolute Gasteiger partial charge is 0.147 e. The summed E-state index contributed by atoms with van der Waals surface area (Å²) in [5, 5.41) is 9.44. The van der Waals surface area contributed by atoms with Crippen LogP contribution >= 0.6 is 0 Å². The van der Waals surface area contributed by atoms with E-state index in [4.69, 9.17) is 0 Å². The maximum absolute atomic E-state index is 9.44. The monoisotopic (exact) mass is 154 g/mol. The van der Waals surface area contributed by atoms with Gasteiger partial charge in [0.2, 0.25) is 0 Å². The molecule has 0 unspecified atom stereocenters. The van der Waals surface area contributed by atoms with Gasteiger partial charge in [-0.1, -0.05) is 13.8 Å². The zero-order chi connectivity index (χ0) is 8.59. The lowest BCUT2D eigenvalue weighted by Crippen LogP contribution is -2.02. The second kappa shape index (κ2) is 2.57. The van der Waals surface area contributed by atoms with Crippen molar-refractivity contribution in [1.29, 1.82) is 0 Å². The molecule has 0 aromatic carbocycles. The lowest BCUT2D eigenvalue weighted by atomic mass is 10.2. The van der Waals surface area contributed by atoms with Crippen LogP contribution in [0.4, 0.5) is 0 Å². The molecule has 0 saturated heterocycles. The summed E-state index contributed by atoms with van der Waals surface area (Å²) in [5.74, 6) is 1.01. The molecule has 0 aliphatic carbocycles. The Morgan fingerprint density at radius 3 is 2.09 bits per heavy atom. The van der Waals surface area contributed by atoms with Crippen molar-refractivity contribution in [3.63, 3.8) is 0 Å². The molecule has 0 saturated carbocycles.